The Balaban J connectivity index is 1.87. The van der Waals surface area contributed by atoms with Crippen molar-refractivity contribution in [2.75, 3.05) is 11.9 Å². The third-order valence-corrected chi connectivity index (χ3v) is 4.98. The lowest BCUT2D eigenvalue weighted by atomic mass is 10.0. The summed E-state index contributed by atoms with van der Waals surface area (Å²) in [6, 6.07) is 1.89. The van der Waals surface area contributed by atoms with Gasteiger partial charge in [0, 0.05) is 35.8 Å². The van der Waals surface area contributed by atoms with Gasteiger partial charge in [-0.3, -0.25) is 4.79 Å². The van der Waals surface area contributed by atoms with E-state index in [9.17, 15) is 4.79 Å². The summed E-state index contributed by atoms with van der Waals surface area (Å²) < 4.78 is 0. The number of carbonyl (C=O) groups is 1. The summed E-state index contributed by atoms with van der Waals surface area (Å²) in [4.78, 5) is 29.0. The molecule has 1 saturated heterocycles. The average Bonchev–Trinajstić information content (AvgIpc) is 2.98. The fraction of sp³-hybridized carbons (Fsp3) is 0.529. The van der Waals surface area contributed by atoms with Gasteiger partial charge in [0.2, 0.25) is 5.91 Å². The average molecular weight is 345 g/mol. The van der Waals surface area contributed by atoms with Gasteiger partial charge in [-0.15, -0.1) is 11.3 Å². The highest BCUT2D eigenvalue weighted by atomic mass is 32.1. The molecule has 1 aliphatic heterocycles. The zero-order chi connectivity index (χ0) is 17.1. The molecule has 0 saturated carbocycles. The van der Waals surface area contributed by atoms with Gasteiger partial charge < -0.3 is 10.2 Å². The van der Waals surface area contributed by atoms with Gasteiger partial charge in [-0.2, -0.15) is 0 Å². The van der Waals surface area contributed by atoms with Crippen LogP contribution in [0.25, 0.3) is 0 Å². The lowest BCUT2D eigenvalue weighted by molar-refractivity contribution is -0.134. The standard InChI is InChI=1S/C17H23N5OS/c1-4-15(23)22-8-6-5-7-13(22)16-19-11(2)9-14(20-16)21-17-18-10-12(3)24-17/h9-10,13H,4-8H2,1-3H3,(H,18,19,20,21). The molecule has 128 valence electrons. The van der Waals surface area contributed by atoms with Crippen LogP contribution in [0.5, 0.6) is 0 Å². The van der Waals surface area contributed by atoms with E-state index in [4.69, 9.17) is 0 Å². The Bertz CT molecular complexity index is 730. The van der Waals surface area contributed by atoms with Crippen LogP contribution in [0, 0.1) is 13.8 Å². The highest BCUT2D eigenvalue weighted by Crippen LogP contribution is 2.31. The van der Waals surface area contributed by atoms with Crippen molar-refractivity contribution in [3.05, 3.63) is 28.7 Å². The van der Waals surface area contributed by atoms with E-state index in [1.807, 2.05) is 37.9 Å². The number of nitrogens with one attached hydrogen (secondary N) is 1. The zero-order valence-corrected chi connectivity index (χ0v) is 15.2. The molecule has 0 bridgehead atoms. The highest BCUT2D eigenvalue weighted by Gasteiger charge is 2.29. The summed E-state index contributed by atoms with van der Waals surface area (Å²) in [5.74, 6) is 1.64. The molecule has 1 aliphatic rings. The molecule has 3 heterocycles. The lowest BCUT2D eigenvalue weighted by Gasteiger charge is -2.34. The van der Waals surface area contributed by atoms with Crippen LogP contribution >= 0.6 is 11.3 Å². The Labute approximate surface area is 146 Å². The van der Waals surface area contributed by atoms with Crippen molar-refractivity contribution in [1.82, 2.24) is 19.9 Å². The van der Waals surface area contributed by atoms with Crippen LogP contribution in [-0.2, 0) is 4.79 Å². The molecule has 7 heteroatoms. The van der Waals surface area contributed by atoms with Crippen LogP contribution in [0.3, 0.4) is 0 Å². The lowest BCUT2D eigenvalue weighted by Crippen LogP contribution is -2.39. The molecular formula is C17H23N5OS. The summed E-state index contributed by atoms with van der Waals surface area (Å²) in [5.41, 5.74) is 0.894. The second kappa shape index (κ2) is 7.25. The van der Waals surface area contributed by atoms with Crippen LogP contribution in [0.4, 0.5) is 10.9 Å². The third-order valence-electron chi connectivity index (χ3n) is 4.15. The van der Waals surface area contributed by atoms with E-state index in [1.165, 1.54) is 0 Å². The smallest absolute Gasteiger partial charge is 0.222 e. The largest absolute Gasteiger partial charge is 0.332 e. The summed E-state index contributed by atoms with van der Waals surface area (Å²) in [7, 11) is 0. The van der Waals surface area contributed by atoms with Crippen molar-refractivity contribution in [2.24, 2.45) is 0 Å². The Morgan fingerprint density at radius 2 is 2.21 bits per heavy atom. The van der Waals surface area contributed by atoms with Gasteiger partial charge in [-0.05, 0) is 33.1 Å². The first-order valence-electron chi connectivity index (χ1n) is 8.41. The quantitative estimate of drug-likeness (QED) is 0.913. The maximum absolute atomic E-state index is 12.3. The molecule has 2 aromatic rings. The summed E-state index contributed by atoms with van der Waals surface area (Å²) in [5, 5.41) is 4.08. The van der Waals surface area contributed by atoms with E-state index in [1.54, 1.807) is 11.3 Å². The van der Waals surface area contributed by atoms with Gasteiger partial charge in [0.05, 0.1) is 6.04 Å². The molecule has 6 nitrogen and oxygen atoms in total. The number of rotatable bonds is 4. The number of amides is 1. The molecule has 2 aromatic heterocycles. The van der Waals surface area contributed by atoms with E-state index < -0.39 is 0 Å². The predicted octanol–water partition coefficient (Wildman–Crippen LogP) is 3.76. The van der Waals surface area contributed by atoms with Gasteiger partial charge in [-0.1, -0.05) is 6.92 Å². The minimum Gasteiger partial charge on any atom is -0.332 e. The fourth-order valence-corrected chi connectivity index (χ4v) is 3.70. The molecule has 24 heavy (non-hydrogen) atoms. The SMILES string of the molecule is CCC(=O)N1CCCCC1c1nc(C)cc(Nc2ncc(C)s2)n1. The van der Waals surface area contributed by atoms with E-state index in [0.717, 1.165) is 53.2 Å². The van der Waals surface area contributed by atoms with Crippen molar-refractivity contribution in [1.29, 1.82) is 0 Å². The first-order valence-corrected chi connectivity index (χ1v) is 9.23. The Morgan fingerprint density at radius 3 is 2.92 bits per heavy atom. The number of likely N-dealkylation sites (tertiary alicyclic amines) is 1. The first kappa shape index (κ1) is 16.8. The molecule has 0 aromatic carbocycles. The van der Waals surface area contributed by atoms with Crippen LogP contribution in [-0.4, -0.2) is 32.3 Å². The summed E-state index contributed by atoms with van der Waals surface area (Å²) in [6.07, 6.45) is 5.43. The maximum atomic E-state index is 12.3. The molecule has 1 atom stereocenters. The van der Waals surface area contributed by atoms with Crippen LogP contribution in [0.2, 0.25) is 0 Å². The number of hydrogen-bond donors (Lipinski definition) is 1. The number of aryl methyl sites for hydroxylation is 2. The third kappa shape index (κ3) is 3.72. The Morgan fingerprint density at radius 1 is 1.38 bits per heavy atom. The summed E-state index contributed by atoms with van der Waals surface area (Å²) >= 11 is 1.59. The molecular weight excluding hydrogens is 322 g/mol. The number of carbonyl (C=O) groups excluding carboxylic acids is 1. The van der Waals surface area contributed by atoms with Gasteiger partial charge in [-0.25, -0.2) is 15.0 Å². The minimum atomic E-state index is -0.0234. The van der Waals surface area contributed by atoms with Crippen molar-refractivity contribution >= 4 is 28.2 Å². The number of piperidine rings is 1. The molecule has 1 N–H and O–H groups in total. The van der Waals surface area contributed by atoms with E-state index in [-0.39, 0.29) is 11.9 Å². The molecule has 3 rings (SSSR count). The normalized spacial score (nSPS) is 17.8. The number of anilines is 2. The predicted molar refractivity (Wildman–Crippen MR) is 95.5 cm³/mol. The van der Waals surface area contributed by atoms with E-state index in [2.05, 4.69) is 20.3 Å². The number of thiazole rings is 1. The number of hydrogen-bond acceptors (Lipinski definition) is 6. The molecule has 1 fully saturated rings. The Kier molecular flexibility index (Phi) is 5.08. The molecule has 1 unspecified atom stereocenters. The highest BCUT2D eigenvalue weighted by molar-refractivity contribution is 7.15. The van der Waals surface area contributed by atoms with Gasteiger partial charge in [0.25, 0.3) is 0 Å². The molecule has 0 spiro atoms. The monoisotopic (exact) mass is 345 g/mol. The molecule has 0 aliphatic carbocycles. The van der Waals surface area contributed by atoms with Crippen LogP contribution in [0.15, 0.2) is 12.3 Å². The van der Waals surface area contributed by atoms with Gasteiger partial charge in [0.15, 0.2) is 11.0 Å². The van der Waals surface area contributed by atoms with E-state index in [0.29, 0.717) is 6.42 Å². The Hall–Kier alpha value is -2.02. The van der Waals surface area contributed by atoms with Crippen LogP contribution in [0.1, 0.15) is 55.0 Å². The maximum Gasteiger partial charge on any atom is 0.222 e. The van der Waals surface area contributed by atoms with Gasteiger partial charge in [0.1, 0.15) is 5.82 Å². The van der Waals surface area contributed by atoms with Crippen molar-refractivity contribution in [2.45, 2.75) is 52.5 Å². The van der Waals surface area contributed by atoms with Crippen LogP contribution < -0.4 is 5.32 Å². The second-order valence-electron chi connectivity index (χ2n) is 6.11. The fourth-order valence-electron chi connectivity index (χ4n) is 3.03. The topological polar surface area (TPSA) is 71.0 Å². The summed E-state index contributed by atoms with van der Waals surface area (Å²) in [6.45, 7) is 6.68. The zero-order valence-electron chi connectivity index (χ0n) is 14.4. The van der Waals surface area contributed by atoms with Gasteiger partial charge >= 0.3 is 0 Å². The first-order chi connectivity index (χ1) is 11.6. The van der Waals surface area contributed by atoms with Crippen molar-refractivity contribution in [3.63, 3.8) is 0 Å². The minimum absolute atomic E-state index is 0.0234. The van der Waals surface area contributed by atoms with Crippen molar-refractivity contribution < 1.29 is 4.79 Å². The second-order valence-corrected chi connectivity index (χ2v) is 7.34. The molecule has 1 amide bonds. The number of nitrogens with zero attached hydrogens (tertiary/aromatic N) is 4. The number of aromatic nitrogens is 3. The molecule has 0 radical (unpaired) electrons. The van der Waals surface area contributed by atoms with Crippen molar-refractivity contribution in [3.8, 4) is 0 Å². The van der Waals surface area contributed by atoms with E-state index >= 15 is 0 Å².